The molecule has 180 valence electrons. The molecule has 0 saturated carbocycles. The van der Waals surface area contributed by atoms with Gasteiger partial charge >= 0.3 is 11.9 Å². The minimum atomic E-state index is -2.27. The van der Waals surface area contributed by atoms with E-state index in [9.17, 15) is 9.59 Å². The number of hydrogen-bond acceptors (Lipinski definition) is 7. The van der Waals surface area contributed by atoms with Crippen molar-refractivity contribution in [3.05, 3.63) is 33.8 Å². The number of aliphatic carboxylic acids is 2. The Morgan fingerprint density at radius 1 is 1.09 bits per heavy atom. The first-order valence-corrected chi connectivity index (χ1v) is 11.2. The first-order chi connectivity index (χ1) is 15.2. The Kier molecular flexibility index (Phi) is 11.1. The molecule has 0 bridgehead atoms. The Morgan fingerprint density at radius 2 is 1.72 bits per heavy atom. The number of rotatable bonds is 8. The highest BCUT2D eigenvalue weighted by atomic mass is 35.5. The van der Waals surface area contributed by atoms with Crippen LogP contribution in [-0.4, -0.2) is 88.4 Å². The van der Waals surface area contributed by atoms with Crippen molar-refractivity contribution >= 4 is 35.1 Å². The molecule has 2 fully saturated rings. The van der Waals surface area contributed by atoms with Crippen LogP contribution >= 0.6 is 23.2 Å². The summed E-state index contributed by atoms with van der Waals surface area (Å²) in [5, 5.41) is 37.5. The zero-order chi connectivity index (χ0) is 23.7. The molecule has 0 spiro atoms. The number of nitrogens with one attached hydrogen (secondary N) is 1. The summed E-state index contributed by atoms with van der Waals surface area (Å²) < 4.78 is 5.53. The van der Waals surface area contributed by atoms with E-state index in [1.807, 2.05) is 12.1 Å². The predicted molar refractivity (Wildman–Crippen MR) is 119 cm³/mol. The van der Waals surface area contributed by atoms with Crippen LogP contribution in [0.15, 0.2) is 18.2 Å². The first kappa shape index (κ1) is 26.8. The standard InChI is InChI=1S/C17H24Cl2N2O.C4H6O6/c18-15-2-1-14(17(19)9-15)12-21(11-13-3-6-20-10-13)16-4-7-22-8-5-16;5-1(3(7)8)2(6)4(9)10/h1-2,9,13,16,20H,3-8,10-12H2;1-2,5-6H,(H,7,8)(H,9,10)/t13-;1-,2-/m11/s1. The molecule has 5 N–H and O–H groups in total. The lowest BCUT2D eigenvalue weighted by Crippen LogP contribution is -2.42. The van der Waals surface area contributed by atoms with Crippen molar-refractivity contribution in [2.45, 2.75) is 44.1 Å². The number of nitrogens with zero attached hydrogens (tertiary/aromatic N) is 1. The fourth-order valence-electron chi connectivity index (χ4n) is 3.73. The van der Waals surface area contributed by atoms with Gasteiger partial charge < -0.3 is 30.5 Å². The van der Waals surface area contributed by atoms with E-state index >= 15 is 0 Å². The lowest BCUT2D eigenvalue weighted by molar-refractivity contribution is -0.165. The van der Waals surface area contributed by atoms with Crippen LogP contribution in [0.1, 0.15) is 24.8 Å². The van der Waals surface area contributed by atoms with Gasteiger partial charge in [0.25, 0.3) is 0 Å². The van der Waals surface area contributed by atoms with Gasteiger partial charge in [-0.3, -0.25) is 4.90 Å². The predicted octanol–water partition coefficient (Wildman–Crippen LogP) is 1.46. The Labute approximate surface area is 196 Å². The molecule has 2 saturated heterocycles. The monoisotopic (exact) mass is 492 g/mol. The highest BCUT2D eigenvalue weighted by molar-refractivity contribution is 6.35. The number of ether oxygens (including phenoxy) is 1. The molecule has 9 nitrogen and oxygen atoms in total. The van der Waals surface area contributed by atoms with Crippen molar-refractivity contribution in [1.82, 2.24) is 10.2 Å². The van der Waals surface area contributed by atoms with E-state index in [2.05, 4.69) is 16.3 Å². The summed E-state index contributed by atoms with van der Waals surface area (Å²) in [5.74, 6) is -2.79. The Bertz CT molecular complexity index is 738. The van der Waals surface area contributed by atoms with E-state index in [1.165, 1.54) is 12.0 Å². The molecule has 32 heavy (non-hydrogen) atoms. The Morgan fingerprint density at radius 3 is 2.22 bits per heavy atom. The van der Waals surface area contributed by atoms with Crippen molar-refractivity contribution < 1.29 is 34.8 Å². The zero-order valence-electron chi connectivity index (χ0n) is 17.6. The van der Waals surface area contributed by atoms with Crippen molar-refractivity contribution in [1.29, 1.82) is 0 Å². The van der Waals surface area contributed by atoms with E-state index < -0.39 is 24.1 Å². The van der Waals surface area contributed by atoms with Gasteiger partial charge in [-0.25, -0.2) is 9.59 Å². The molecule has 2 aliphatic heterocycles. The van der Waals surface area contributed by atoms with Gasteiger partial charge in [-0.2, -0.15) is 0 Å². The molecule has 2 heterocycles. The normalized spacial score (nSPS) is 21.0. The Hall–Kier alpha value is -1.46. The molecule has 1 aromatic carbocycles. The Balaban J connectivity index is 0.000000309. The fourth-order valence-corrected chi connectivity index (χ4v) is 4.20. The molecule has 0 radical (unpaired) electrons. The van der Waals surface area contributed by atoms with E-state index in [1.54, 1.807) is 0 Å². The molecular weight excluding hydrogens is 463 g/mol. The molecule has 11 heteroatoms. The second-order valence-corrected chi connectivity index (χ2v) is 8.78. The third kappa shape index (κ3) is 8.47. The molecular formula is C21H30Cl2N2O7. The molecule has 0 aliphatic carbocycles. The van der Waals surface area contributed by atoms with Crippen LogP contribution in [0.2, 0.25) is 10.0 Å². The summed E-state index contributed by atoms with van der Waals surface area (Å²) >= 11 is 12.4. The summed E-state index contributed by atoms with van der Waals surface area (Å²) in [6.07, 6.45) is -1.03. The molecule has 0 aromatic heterocycles. The fraction of sp³-hybridized carbons (Fsp3) is 0.619. The lowest BCUT2D eigenvalue weighted by atomic mass is 10.0. The SMILES string of the molecule is Clc1ccc(CN(C[C@@H]2CCNC2)C2CCOCC2)c(Cl)c1.O=C(O)[C@H](O)[C@@H](O)C(=O)O. The van der Waals surface area contributed by atoms with Gasteiger partial charge in [0.05, 0.1) is 0 Å². The minimum Gasteiger partial charge on any atom is -0.479 e. The van der Waals surface area contributed by atoms with Crippen LogP contribution in [0.3, 0.4) is 0 Å². The van der Waals surface area contributed by atoms with Crippen LogP contribution in [-0.2, 0) is 20.9 Å². The van der Waals surface area contributed by atoms with Crippen LogP contribution < -0.4 is 5.32 Å². The van der Waals surface area contributed by atoms with Gasteiger partial charge in [0.15, 0.2) is 12.2 Å². The third-order valence-electron chi connectivity index (χ3n) is 5.56. The number of aliphatic hydroxyl groups excluding tert-OH is 2. The highest BCUT2D eigenvalue weighted by Gasteiger charge is 2.29. The third-order valence-corrected chi connectivity index (χ3v) is 6.14. The molecule has 1 aromatic rings. The van der Waals surface area contributed by atoms with Gasteiger partial charge in [-0.05, 0) is 56.0 Å². The van der Waals surface area contributed by atoms with E-state index in [4.69, 9.17) is 48.4 Å². The smallest absolute Gasteiger partial charge is 0.335 e. The number of carboxylic acid groups (broad SMARTS) is 2. The average Bonchev–Trinajstić information content (AvgIpc) is 3.28. The quantitative estimate of drug-likeness (QED) is 0.364. The second kappa shape index (κ2) is 13.3. The van der Waals surface area contributed by atoms with Gasteiger partial charge in [0.2, 0.25) is 0 Å². The van der Waals surface area contributed by atoms with Gasteiger partial charge in [-0.15, -0.1) is 0 Å². The van der Waals surface area contributed by atoms with Crippen molar-refractivity contribution in [2.75, 3.05) is 32.8 Å². The van der Waals surface area contributed by atoms with Crippen LogP contribution in [0.25, 0.3) is 0 Å². The highest BCUT2D eigenvalue weighted by Crippen LogP contribution is 2.26. The summed E-state index contributed by atoms with van der Waals surface area (Å²) in [5.41, 5.74) is 1.17. The number of halogens is 2. The number of hydrogen-bond donors (Lipinski definition) is 5. The average molecular weight is 493 g/mol. The van der Waals surface area contributed by atoms with E-state index in [0.29, 0.717) is 11.1 Å². The molecule has 0 unspecified atom stereocenters. The lowest BCUT2D eigenvalue weighted by Gasteiger charge is -2.36. The number of carbonyl (C=O) groups is 2. The maximum absolute atomic E-state index is 9.77. The first-order valence-electron chi connectivity index (χ1n) is 10.5. The number of benzene rings is 1. The summed E-state index contributed by atoms with van der Waals surface area (Å²) in [4.78, 5) is 22.2. The van der Waals surface area contributed by atoms with Gasteiger partial charge in [0.1, 0.15) is 0 Å². The van der Waals surface area contributed by atoms with Gasteiger partial charge in [0, 0.05) is 42.4 Å². The van der Waals surface area contributed by atoms with Crippen molar-refractivity contribution in [3.63, 3.8) is 0 Å². The summed E-state index contributed by atoms with van der Waals surface area (Å²) in [6, 6.07) is 6.44. The van der Waals surface area contributed by atoms with E-state index in [0.717, 1.165) is 63.2 Å². The van der Waals surface area contributed by atoms with Crippen molar-refractivity contribution in [2.24, 2.45) is 5.92 Å². The molecule has 3 rings (SSSR count). The molecule has 0 amide bonds. The van der Waals surface area contributed by atoms with E-state index in [-0.39, 0.29) is 0 Å². The molecule has 3 atom stereocenters. The van der Waals surface area contributed by atoms with Crippen LogP contribution in [0.5, 0.6) is 0 Å². The maximum atomic E-state index is 9.77. The van der Waals surface area contributed by atoms with Gasteiger partial charge in [-0.1, -0.05) is 29.3 Å². The summed E-state index contributed by atoms with van der Waals surface area (Å²) in [6.45, 7) is 6.06. The van der Waals surface area contributed by atoms with Crippen LogP contribution in [0, 0.1) is 5.92 Å². The number of aliphatic hydroxyl groups is 2. The maximum Gasteiger partial charge on any atom is 0.335 e. The zero-order valence-corrected chi connectivity index (χ0v) is 19.1. The van der Waals surface area contributed by atoms with Crippen LogP contribution in [0.4, 0.5) is 0 Å². The second-order valence-electron chi connectivity index (χ2n) is 7.93. The molecule has 2 aliphatic rings. The minimum absolute atomic E-state index is 0.598. The topological polar surface area (TPSA) is 140 Å². The van der Waals surface area contributed by atoms with Crippen molar-refractivity contribution in [3.8, 4) is 0 Å². The summed E-state index contributed by atoms with van der Waals surface area (Å²) in [7, 11) is 0. The number of carboxylic acids is 2. The largest absolute Gasteiger partial charge is 0.479 e.